The molecule has 0 saturated carbocycles. The Bertz CT molecular complexity index is 382. The maximum Gasteiger partial charge on any atom is -0.00187 e. The zero-order valence-electron chi connectivity index (χ0n) is 27.7. The number of rotatable bonds is 33. The lowest BCUT2D eigenvalue weighted by atomic mass is 10.0. The minimum atomic E-state index is 0.890. The molecule has 230 valence electrons. The van der Waals surface area contributed by atoms with E-state index in [1.54, 1.807) is 0 Å². The molecule has 0 aromatic carbocycles. The molecule has 38 heavy (non-hydrogen) atoms. The first-order valence-corrected chi connectivity index (χ1v) is 18.4. The van der Waals surface area contributed by atoms with Gasteiger partial charge in [-0.3, -0.25) is 0 Å². The first-order valence-electron chi connectivity index (χ1n) is 18.4. The zero-order valence-corrected chi connectivity index (χ0v) is 27.7. The first kappa shape index (κ1) is 38.0. The summed E-state index contributed by atoms with van der Waals surface area (Å²) in [7, 11) is 0. The molecule has 0 fully saturated rings. The second-order valence-electron chi connectivity index (χ2n) is 13.2. The standard InChI is InChI=1S/C37H77N/c1-5-7-9-11-13-18-22-26-30-34-38(35-31-27-23-19-14-12-10-8-6-2)36-32-28-24-20-16-15-17-21-25-29-33-37(3)4/h37H,5-36H2,1-4H3. The van der Waals surface area contributed by atoms with Gasteiger partial charge in [-0.05, 0) is 44.8 Å². The molecular weight excluding hydrogens is 458 g/mol. The molecule has 1 nitrogen and oxygen atoms in total. The average Bonchev–Trinajstić information content (AvgIpc) is 2.91. The third-order valence-corrected chi connectivity index (χ3v) is 8.66. The van der Waals surface area contributed by atoms with E-state index in [0.717, 1.165) is 5.92 Å². The molecular formula is C37H77N. The minimum absolute atomic E-state index is 0.890. The summed E-state index contributed by atoms with van der Waals surface area (Å²) in [6.07, 6.45) is 42.2. The molecule has 0 unspecified atom stereocenters. The second-order valence-corrected chi connectivity index (χ2v) is 13.2. The van der Waals surface area contributed by atoms with Crippen LogP contribution >= 0.6 is 0 Å². The number of hydrogen-bond donors (Lipinski definition) is 0. The van der Waals surface area contributed by atoms with Gasteiger partial charge in [0.1, 0.15) is 0 Å². The minimum Gasteiger partial charge on any atom is -0.303 e. The van der Waals surface area contributed by atoms with E-state index in [-0.39, 0.29) is 0 Å². The van der Waals surface area contributed by atoms with E-state index in [1.165, 1.54) is 206 Å². The van der Waals surface area contributed by atoms with Crippen LogP contribution in [0.5, 0.6) is 0 Å². The number of unbranched alkanes of at least 4 members (excludes halogenated alkanes) is 25. The van der Waals surface area contributed by atoms with Crippen LogP contribution in [-0.2, 0) is 0 Å². The largest absolute Gasteiger partial charge is 0.303 e. The normalized spacial score (nSPS) is 11.8. The lowest BCUT2D eigenvalue weighted by molar-refractivity contribution is 0.254. The average molecular weight is 536 g/mol. The van der Waals surface area contributed by atoms with Crippen molar-refractivity contribution in [1.29, 1.82) is 0 Å². The molecule has 1 heteroatoms. The van der Waals surface area contributed by atoms with Crippen LogP contribution in [0.2, 0.25) is 0 Å². The first-order chi connectivity index (χ1) is 18.7. The van der Waals surface area contributed by atoms with Crippen molar-refractivity contribution in [2.75, 3.05) is 19.6 Å². The van der Waals surface area contributed by atoms with Crippen LogP contribution in [0.1, 0.15) is 214 Å². The summed E-state index contributed by atoms with van der Waals surface area (Å²) in [4.78, 5) is 2.85. The van der Waals surface area contributed by atoms with Gasteiger partial charge in [0.15, 0.2) is 0 Å². The molecule has 0 atom stereocenters. The molecule has 0 aliphatic heterocycles. The van der Waals surface area contributed by atoms with E-state index in [0.29, 0.717) is 0 Å². The maximum absolute atomic E-state index is 2.85. The monoisotopic (exact) mass is 536 g/mol. The Hall–Kier alpha value is -0.0400. The Labute approximate surface area is 244 Å². The number of hydrogen-bond acceptors (Lipinski definition) is 1. The van der Waals surface area contributed by atoms with Crippen molar-refractivity contribution in [3.8, 4) is 0 Å². The van der Waals surface area contributed by atoms with Gasteiger partial charge in [0, 0.05) is 0 Å². The van der Waals surface area contributed by atoms with Gasteiger partial charge in [-0.15, -0.1) is 0 Å². The molecule has 0 aromatic heterocycles. The summed E-state index contributed by atoms with van der Waals surface area (Å²) in [5.41, 5.74) is 0. The van der Waals surface area contributed by atoms with Gasteiger partial charge in [-0.1, -0.05) is 195 Å². The summed E-state index contributed by atoms with van der Waals surface area (Å²) in [5.74, 6) is 0.890. The van der Waals surface area contributed by atoms with E-state index in [1.807, 2.05) is 0 Å². The van der Waals surface area contributed by atoms with Crippen molar-refractivity contribution in [2.24, 2.45) is 5.92 Å². The summed E-state index contributed by atoms with van der Waals surface area (Å²) in [6, 6.07) is 0. The highest BCUT2D eigenvalue weighted by Crippen LogP contribution is 2.15. The lowest BCUT2D eigenvalue weighted by Crippen LogP contribution is -2.27. The third-order valence-electron chi connectivity index (χ3n) is 8.66. The lowest BCUT2D eigenvalue weighted by Gasteiger charge is -2.22. The Kier molecular flexibility index (Phi) is 33.1. The molecule has 0 saturated heterocycles. The van der Waals surface area contributed by atoms with E-state index in [9.17, 15) is 0 Å². The van der Waals surface area contributed by atoms with Crippen LogP contribution in [0.15, 0.2) is 0 Å². The molecule has 0 aromatic rings. The van der Waals surface area contributed by atoms with Crippen LogP contribution < -0.4 is 0 Å². The molecule has 0 rings (SSSR count). The quantitative estimate of drug-likeness (QED) is 0.0755. The van der Waals surface area contributed by atoms with Gasteiger partial charge in [-0.2, -0.15) is 0 Å². The Morgan fingerprint density at radius 1 is 0.316 bits per heavy atom. The van der Waals surface area contributed by atoms with Crippen molar-refractivity contribution in [3.63, 3.8) is 0 Å². The summed E-state index contributed by atoms with van der Waals surface area (Å²) in [5, 5.41) is 0. The fourth-order valence-electron chi connectivity index (χ4n) is 5.93. The van der Waals surface area contributed by atoms with Gasteiger partial charge >= 0.3 is 0 Å². The summed E-state index contributed by atoms with van der Waals surface area (Å²) >= 11 is 0. The predicted molar refractivity (Wildman–Crippen MR) is 177 cm³/mol. The van der Waals surface area contributed by atoms with Crippen LogP contribution in [0.4, 0.5) is 0 Å². The SMILES string of the molecule is CCCCCCCCCCCN(CCCCCCCCCCC)CCCCCCCCCCCCC(C)C. The van der Waals surface area contributed by atoms with E-state index >= 15 is 0 Å². The molecule has 0 aliphatic rings. The van der Waals surface area contributed by atoms with Gasteiger partial charge < -0.3 is 4.90 Å². The summed E-state index contributed by atoms with van der Waals surface area (Å²) in [6.45, 7) is 13.4. The predicted octanol–water partition coefficient (Wildman–Crippen LogP) is 13.3. The van der Waals surface area contributed by atoms with Crippen LogP contribution in [0.3, 0.4) is 0 Å². The van der Waals surface area contributed by atoms with Crippen molar-refractivity contribution < 1.29 is 0 Å². The molecule has 0 N–H and O–H groups in total. The van der Waals surface area contributed by atoms with Crippen molar-refractivity contribution in [3.05, 3.63) is 0 Å². The van der Waals surface area contributed by atoms with E-state index < -0.39 is 0 Å². The molecule has 0 aliphatic carbocycles. The van der Waals surface area contributed by atoms with Crippen LogP contribution in [0.25, 0.3) is 0 Å². The fraction of sp³-hybridized carbons (Fsp3) is 1.00. The summed E-state index contributed by atoms with van der Waals surface area (Å²) < 4.78 is 0. The zero-order chi connectivity index (χ0) is 27.8. The topological polar surface area (TPSA) is 3.24 Å². The fourth-order valence-corrected chi connectivity index (χ4v) is 5.93. The molecule has 0 radical (unpaired) electrons. The maximum atomic E-state index is 2.85. The van der Waals surface area contributed by atoms with E-state index in [2.05, 4.69) is 32.6 Å². The van der Waals surface area contributed by atoms with Crippen molar-refractivity contribution >= 4 is 0 Å². The highest BCUT2D eigenvalue weighted by molar-refractivity contribution is 4.61. The van der Waals surface area contributed by atoms with Gasteiger partial charge in [0.2, 0.25) is 0 Å². The van der Waals surface area contributed by atoms with Gasteiger partial charge in [0.25, 0.3) is 0 Å². The molecule has 0 bridgehead atoms. The van der Waals surface area contributed by atoms with Gasteiger partial charge in [0.05, 0.1) is 0 Å². The number of nitrogens with zero attached hydrogens (tertiary/aromatic N) is 1. The molecule has 0 amide bonds. The van der Waals surface area contributed by atoms with Crippen LogP contribution in [-0.4, -0.2) is 24.5 Å². The van der Waals surface area contributed by atoms with E-state index in [4.69, 9.17) is 0 Å². The third kappa shape index (κ3) is 32.2. The Morgan fingerprint density at radius 2 is 0.553 bits per heavy atom. The van der Waals surface area contributed by atoms with Crippen LogP contribution in [0, 0.1) is 5.92 Å². The molecule has 0 spiro atoms. The van der Waals surface area contributed by atoms with Gasteiger partial charge in [-0.25, -0.2) is 0 Å². The second kappa shape index (κ2) is 33.2. The smallest absolute Gasteiger partial charge is 0.00187 e. The van der Waals surface area contributed by atoms with Crippen molar-refractivity contribution in [2.45, 2.75) is 214 Å². The highest BCUT2D eigenvalue weighted by atomic mass is 15.1. The Morgan fingerprint density at radius 3 is 0.816 bits per heavy atom. The molecule has 0 heterocycles. The Balaban J connectivity index is 3.85. The highest BCUT2D eigenvalue weighted by Gasteiger charge is 2.05. The van der Waals surface area contributed by atoms with Crippen molar-refractivity contribution in [1.82, 2.24) is 4.90 Å².